The van der Waals surface area contributed by atoms with Crippen molar-refractivity contribution in [2.45, 2.75) is 31.1 Å². The summed E-state index contributed by atoms with van der Waals surface area (Å²) in [5.74, 6) is 0.932. The smallest absolute Gasteiger partial charge is 0.233 e. The predicted molar refractivity (Wildman–Crippen MR) is 83.7 cm³/mol. The second kappa shape index (κ2) is 5.86. The average Bonchev–Trinajstić information content (AvgIpc) is 3.33. The van der Waals surface area contributed by atoms with Crippen LogP contribution in [-0.2, 0) is 10.2 Å². The molecule has 108 valence electrons. The van der Waals surface area contributed by atoms with E-state index in [4.69, 9.17) is 0 Å². The molecule has 2 saturated carbocycles. The summed E-state index contributed by atoms with van der Waals surface area (Å²) in [6.45, 7) is 2.19. The van der Waals surface area contributed by atoms with Gasteiger partial charge in [0.1, 0.15) is 0 Å². The van der Waals surface area contributed by atoms with E-state index in [0.717, 1.165) is 36.3 Å². The number of benzene rings is 1. The Morgan fingerprint density at radius 1 is 1.30 bits per heavy atom. The highest BCUT2D eigenvalue weighted by atomic mass is 79.9. The average molecular weight is 337 g/mol. The van der Waals surface area contributed by atoms with Gasteiger partial charge in [-0.3, -0.25) is 4.79 Å². The Morgan fingerprint density at radius 2 is 2.05 bits per heavy atom. The first-order valence-electron chi connectivity index (χ1n) is 7.42. The standard InChI is InChI=1S/C16H21BrN2O/c17-14-4-2-1-3-13(14)16(7-8-16)11-19-15(20)10-18-9-12-5-6-12/h1-4,12,18H,5-11H2,(H,19,20). The summed E-state index contributed by atoms with van der Waals surface area (Å²) in [7, 11) is 0. The Kier molecular flexibility index (Phi) is 4.13. The Bertz CT molecular complexity index is 495. The SMILES string of the molecule is O=C(CNCC1CC1)NCC1(c2ccccc2Br)CC1. The molecule has 0 unspecified atom stereocenters. The minimum absolute atomic E-state index is 0.115. The molecule has 2 N–H and O–H groups in total. The number of hydrogen-bond acceptors (Lipinski definition) is 2. The number of carbonyl (C=O) groups is 1. The lowest BCUT2D eigenvalue weighted by Crippen LogP contribution is -2.38. The Hall–Kier alpha value is -0.870. The maximum atomic E-state index is 11.9. The van der Waals surface area contributed by atoms with Crippen molar-refractivity contribution in [2.75, 3.05) is 19.6 Å². The van der Waals surface area contributed by atoms with Crippen LogP contribution >= 0.6 is 15.9 Å². The van der Waals surface area contributed by atoms with E-state index in [9.17, 15) is 4.79 Å². The molecule has 1 aromatic rings. The lowest BCUT2D eigenvalue weighted by Gasteiger charge is -2.18. The van der Waals surface area contributed by atoms with Gasteiger partial charge in [-0.25, -0.2) is 0 Å². The lowest BCUT2D eigenvalue weighted by atomic mass is 9.96. The summed E-state index contributed by atoms with van der Waals surface area (Å²) in [4.78, 5) is 11.9. The van der Waals surface area contributed by atoms with Crippen LogP contribution in [-0.4, -0.2) is 25.5 Å². The van der Waals surface area contributed by atoms with Gasteiger partial charge in [-0.2, -0.15) is 0 Å². The molecule has 0 aliphatic heterocycles. The third-order valence-electron chi connectivity index (χ3n) is 4.34. The van der Waals surface area contributed by atoms with Crippen LogP contribution in [0, 0.1) is 5.92 Å². The largest absolute Gasteiger partial charge is 0.354 e. The van der Waals surface area contributed by atoms with Crippen LogP contribution in [0.5, 0.6) is 0 Å². The number of carbonyl (C=O) groups excluding carboxylic acids is 1. The van der Waals surface area contributed by atoms with Crippen molar-refractivity contribution >= 4 is 21.8 Å². The van der Waals surface area contributed by atoms with Gasteiger partial charge in [0.15, 0.2) is 0 Å². The molecule has 1 aromatic carbocycles. The van der Waals surface area contributed by atoms with Crippen molar-refractivity contribution < 1.29 is 4.79 Å². The zero-order valence-corrected chi connectivity index (χ0v) is 13.2. The normalized spacial score (nSPS) is 19.6. The Morgan fingerprint density at radius 3 is 2.70 bits per heavy atom. The summed E-state index contributed by atoms with van der Waals surface area (Å²) in [6, 6.07) is 8.34. The number of hydrogen-bond donors (Lipinski definition) is 2. The molecular weight excluding hydrogens is 316 g/mol. The first-order valence-corrected chi connectivity index (χ1v) is 8.21. The number of nitrogens with one attached hydrogen (secondary N) is 2. The maximum Gasteiger partial charge on any atom is 0.233 e. The quantitative estimate of drug-likeness (QED) is 0.803. The van der Waals surface area contributed by atoms with Gasteiger partial charge >= 0.3 is 0 Å². The molecule has 0 atom stereocenters. The van der Waals surface area contributed by atoms with Crippen molar-refractivity contribution in [3.8, 4) is 0 Å². The Balaban J connectivity index is 1.47. The topological polar surface area (TPSA) is 41.1 Å². The fourth-order valence-electron chi connectivity index (χ4n) is 2.63. The summed E-state index contributed by atoms with van der Waals surface area (Å²) in [5, 5.41) is 6.32. The zero-order chi connectivity index (χ0) is 14.0. The second-order valence-corrected chi connectivity index (χ2v) is 6.97. The van der Waals surface area contributed by atoms with Crippen LogP contribution in [0.25, 0.3) is 0 Å². The third-order valence-corrected chi connectivity index (χ3v) is 5.03. The van der Waals surface area contributed by atoms with E-state index in [2.05, 4.69) is 44.8 Å². The van der Waals surface area contributed by atoms with E-state index in [-0.39, 0.29) is 11.3 Å². The maximum absolute atomic E-state index is 11.9. The third kappa shape index (κ3) is 3.41. The van der Waals surface area contributed by atoms with Crippen molar-refractivity contribution in [3.63, 3.8) is 0 Å². The van der Waals surface area contributed by atoms with Gasteiger partial charge < -0.3 is 10.6 Å². The minimum Gasteiger partial charge on any atom is -0.354 e. The Labute approximate surface area is 128 Å². The highest BCUT2D eigenvalue weighted by molar-refractivity contribution is 9.10. The van der Waals surface area contributed by atoms with Crippen LogP contribution in [0.3, 0.4) is 0 Å². The van der Waals surface area contributed by atoms with E-state index in [1.807, 2.05) is 6.07 Å². The molecule has 2 fully saturated rings. The zero-order valence-electron chi connectivity index (χ0n) is 11.6. The van der Waals surface area contributed by atoms with Gasteiger partial charge in [0, 0.05) is 16.4 Å². The van der Waals surface area contributed by atoms with E-state index < -0.39 is 0 Å². The van der Waals surface area contributed by atoms with Crippen LogP contribution in [0.1, 0.15) is 31.2 Å². The molecule has 3 rings (SSSR count). The monoisotopic (exact) mass is 336 g/mol. The van der Waals surface area contributed by atoms with E-state index >= 15 is 0 Å². The molecule has 0 radical (unpaired) electrons. The van der Waals surface area contributed by atoms with Gasteiger partial charge in [-0.15, -0.1) is 0 Å². The predicted octanol–water partition coefficient (Wildman–Crippen LogP) is 2.60. The summed E-state index contributed by atoms with van der Waals surface area (Å²) < 4.78 is 1.15. The van der Waals surface area contributed by atoms with Crippen LogP contribution < -0.4 is 10.6 Å². The molecule has 4 heteroatoms. The fraction of sp³-hybridized carbons (Fsp3) is 0.562. The van der Waals surface area contributed by atoms with E-state index in [1.165, 1.54) is 18.4 Å². The van der Waals surface area contributed by atoms with Crippen molar-refractivity contribution in [1.82, 2.24) is 10.6 Å². The molecule has 0 aromatic heterocycles. The molecule has 0 bridgehead atoms. The molecule has 3 nitrogen and oxygen atoms in total. The number of rotatable bonds is 7. The lowest BCUT2D eigenvalue weighted by molar-refractivity contribution is -0.120. The van der Waals surface area contributed by atoms with Crippen LogP contribution in [0.15, 0.2) is 28.7 Å². The van der Waals surface area contributed by atoms with Crippen LogP contribution in [0.4, 0.5) is 0 Å². The second-order valence-electron chi connectivity index (χ2n) is 6.11. The highest BCUT2D eigenvalue weighted by Gasteiger charge is 2.45. The minimum atomic E-state index is 0.115. The summed E-state index contributed by atoms with van der Waals surface area (Å²) in [6.07, 6.45) is 4.95. The van der Waals surface area contributed by atoms with Gasteiger partial charge in [0.2, 0.25) is 5.91 Å². The molecule has 2 aliphatic rings. The first kappa shape index (κ1) is 14.1. The highest BCUT2D eigenvalue weighted by Crippen LogP contribution is 2.49. The van der Waals surface area contributed by atoms with Gasteiger partial charge in [-0.05, 0) is 49.8 Å². The van der Waals surface area contributed by atoms with Crippen molar-refractivity contribution in [3.05, 3.63) is 34.3 Å². The van der Waals surface area contributed by atoms with Crippen molar-refractivity contribution in [2.24, 2.45) is 5.92 Å². The number of amides is 1. The van der Waals surface area contributed by atoms with Crippen molar-refractivity contribution in [1.29, 1.82) is 0 Å². The molecule has 0 spiro atoms. The molecule has 0 heterocycles. The number of halogens is 1. The molecule has 2 aliphatic carbocycles. The summed E-state index contributed by atoms with van der Waals surface area (Å²) in [5.41, 5.74) is 1.48. The van der Waals surface area contributed by atoms with E-state index in [0.29, 0.717) is 6.54 Å². The molecule has 1 amide bonds. The molecular formula is C16H21BrN2O. The van der Waals surface area contributed by atoms with Gasteiger partial charge in [0.25, 0.3) is 0 Å². The van der Waals surface area contributed by atoms with E-state index in [1.54, 1.807) is 0 Å². The van der Waals surface area contributed by atoms with Gasteiger partial charge in [0.05, 0.1) is 6.54 Å². The first-order chi connectivity index (χ1) is 9.70. The molecule has 20 heavy (non-hydrogen) atoms. The van der Waals surface area contributed by atoms with Gasteiger partial charge in [-0.1, -0.05) is 34.1 Å². The summed E-state index contributed by atoms with van der Waals surface area (Å²) >= 11 is 3.62. The van der Waals surface area contributed by atoms with Crippen LogP contribution in [0.2, 0.25) is 0 Å². The fourth-order valence-corrected chi connectivity index (χ4v) is 3.33. The molecule has 0 saturated heterocycles.